The lowest BCUT2D eigenvalue weighted by atomic mass is 10.2. The van der Waals surface area contributed by atoms with Crippen molar-refractivity contribution in [2.45, 2.75) is 31.3 Å². The molecule has 17 nitrogen and oxygen atoms in total. The standard InChI is InChI=1S/C6H14N4O2.C4H8N2O3.2C2H5NO2/c7-4(5(11)12)2-1-3-10-6(8)9;5-2(4(8)9)1-3(6)7;2*3-1-2(4)5/h4H,1-3,7H2,(H,11,12)(H4,8,9,10);2H,1,5H2,(H2,6,7)(H,8,9);2*1,3H2,(H,4,5)/t4-;2-;;/m00../s1. The van der Waals surface area contributed by atoms with E-state index in [2.05, 4.69) is 22.2 Å². The van der Waals surface area contributed by atoms with E-state index < -0.39 is 41.9 Å². The van der Waals surface area contributed by atoms with Gasteiger partial charge in [0.25, 0.3) is 0 Å². The van der Waals surface area contributed by atoms with E-state index in [1.54, 1.807) is 0 Å². The highest BCUT2D eigenvalue weighted by Gasteiger charge is 2.13. The number of nitrogens with two attached hydrogens (primary N) is 7. The smallest absolute Gasteiger partial charge is 0.321 e. The summed E-state index contributed by atoms with van der Waals surface area (Å²) in [4.78, 5) is 52.3. The Morgan fingerprint density at radius 1 is 0.742 bits per heavy atom. The zero-order valence-electron chi connectivity index (χ0n) is 16.7. The average Bonchev–Trinajstić information content (AvgIpc) is 2.65. The van der Waals surface area contributed by atoms with Crippen LogP contribution in [-0.2, 0) is 24.0 Å². The maximum atomic E-state index is 10.2. The highest BCUT2D eigenvalue weighted by atomic mass is 16.4. The number of hydrogen-bond donors (Lipinski definition) is 11. The van der Waals surface area contributed by atoms with Gasteiger partial charge in [0.05, 0.1) is 19.5 Å². The summed E-state index contributed by atoms with van der Waals surface area (Å²) < 4.78 is 0. The summed E-state index contributed by atoms with van der Waals surface area (Å²) in [5.74, 6) is -4.84. The van der Waals surface area contributed by atoms with Gasteiger partial charge in [0.1, 0.15) is 12.1 Å². The summed E-state index contributed by atoms with van der Waals surface area (Å²) >= 11 is 0. The van der Waals surface area contributed by atoms with Crippen LogP contribution >= 0.6 is 0 Å². The lowest BCUT2D eigenvalue weighted by molar-refractivity contribution is -0.140. The van der Waals surface area contributed by atoms with E-state index in [1.165, 1.54) is 0 Å². The monoisotopic (exact) mass is 456 g/mol. The summed E-state index contributed by atoms with van der Waals surface area (Å²) in [5, 5.41) is 31.7. The number of aliphatic imine (C=N–C) groups is 1. The van der Waals surface area contributed by atoms with Crippen LogP contribution in [0.1, 0.15) is 19.3 Å². The molecule has 0 aliphatic rings. The Morgan fingerprint density at radius 2 is 1.10 bits per heavy atom. The van der Waals surface area contributed by atoms with Gasteiger partial charge < -0.3 is 60.6 Å². The van der Waals surface area contributed by atoms with Crippen LogP contribution in [0, 0.1) is 0 Å². The third kappa shape index (κ3) is 41.8. The molecule has 0 bridgehead atoms. The summed E-state index contributed by atoms with van der Waals surface area (Å²) in [5.41, 5.74) is 34.0. The quantitative estimate of drug-likeness (QED) is 0.0830. The number of carbonyl (C=O) groups is 5. The Labute approximate surface area is 177 Å². The number of carbonyl (C=O) groups excluding carboxylic acids is 1. The number of rotatable bonds is 10. The molecule has 0 saturated carbocycles. The van der Waals surface area contributed by atoms with Crippen LogP contribution in [-0.4, -0.2) is 87.9 Å². The van der Waals surface area contributed by atoms with Gasteiger partial charge in [-0.1, -0.05) is 0 Å². The number of hydrogen-bond acceptors (Lipinski definition) is 10. The molecule has 0 aromatic rings. The van der Waals surface area contributed by atoms with E-state index in [4.69, 9.17) is 43.4 Å². The third-order valence-corrected chi connectivity index (χ3v) is 2.37. The molecule has 0 aliphatic carbocycles. The second kappa shape index (κ2) is 22.7. The van der Waals surface area contributed by atoms with Crippen molar-refractivity contribution in [3.63, 3.8) is 0 Å². The second-order valence-corrected chi connectivity index (χ2v) is 5.20. The van der Waals surface area contributed by atoms with E-state index in [9.17, 15) is 24.0 Å². The SMILES string of the molecule is NC(=O)C[C@H](N)C(=O)O.NC(N)=NCCC[C@H](N)C(=O)O.NCC(=O)O.NCC(=O)O. The molecule has 0 radical (unpaired) electrons. The summed E-state index contributed by atoms with van der Waals surface area (Å²) in [6.07, 6.45) is 0.646. The zero-order valence-corrected chi connectivity index (χ0v) is 16.7. The molecule has 0 heterocycles. The molecule has 0 fully saturated rings. The van der Waals surface area contributed by atoms with Crippen LogP contribution in [0.25, 0.3) is 0 Å². The normalized spacial score (nSPS) is 10.7. The molecule has 31 heavy (non-hydrogen) atoms. The molecule has 0 aromatic carbocycles. The van der Waals surface area contributed by atoms with Crippen LogP contribution in [0.3, 0.4) is 0 Å². The van der Waals surface area contributed by atoms with Crippen LogP contribution in [0.4, 0.5) is 0 Å². The minimum absolute atomic E-state index is 0.0129. The molecule has 17 heteroatoms. The first-order chi connectivity index (χ1) is 14.1. The molecule has 18 N–H and O–H groups in total. The average molecular weight is 456 g/mol. The molecule has 2 atom stereocenters. The Hall–Kier alpha value is -3.54. The van der Waals surface area contributed by atoms with Gasteiger partial charge in [-0.2, -0.15) is 0 Å². The number of carboxylic acids is 4. The van der Waals surface area contributed by atoms with Gasteiger partial charge in [-0.15, -0.1) is 0 Å². The van der Waals surface area contributed by atoms with Gasteiger partial charge in [-0.05, 0) is 12.8 Å². The summed E-state index contributed by atoms with van der Waals surface area (Å²) in [6, 6.07) is -1.98. The molecule has 0 saturated heterocycles. The minimum Gasteiger partial charge on any atom is -0.480 e. The van der Waals surface area contributed by atoms with Crippen LogP contribution < -0.4 is 40.1 Å². The lowest BCUT2D eigenvalue weighted by Gasteiger charge is -2.03. The van der Waals surface area contributed by atoms with Gasteiger partial charge >= 0.3 is 23.9 Å². The lowest BCUT2D eigenvalue weighted by Crippen LogP contribution is -2.34. The largest absolute Gasteiger partial charge is 0.480 e. The van der Waals surface area contributed by atoms with Crippen molar-refractivity contribution in [2.24, 2.45) is 45.1 Å². The number of primary amides is 1. The van der Waals surface area contributed by atoms with E-state index in [0.717, 1.165) is 0 Å². The van der Waals surface area contributed by atoms with Gasteiger partial charge in [0, 0.05) is 6.54 Å². The van der Waals surface area contributed by atoms with Crippen molar-refractivity contribution in [3.8, 4) is 0 Å². The number of carboxylic acid groups (broad SMARTS) is 4. The number of amides is 1. The molecular formula is C14H32N8O9. The first kappa shape index (κ1) is 34.9. The molecule has 1 amide bonds. The van der Waals surface area contributed by atoms with Crippen molar-refractivity contribution in [1.82, 2.24) is 0 Å². The van der Waals surface area contributed by atoms with Gasteiger partial charge in [0.2, 0.25) is 5.91 Å². The van der Waals surface area contributed by atoms with E-state index in [-0.39, 0.29) is 25.5 Å². The van der Waals surface area contributed by atoms with E-state index in [1.807, 2.05) is 0 Å². The van der Waals surface area contributed by atoms with Crippen molar-refractivity contribution in [1.29, 1.82) is 0 Å². The first-order valence-corrected chi connectivity index (χ1v) is 8.26. The third-order valence-electron chi connectivity index (χ3n) is 2.37. The topological polar surface area (TPSA) is 361 Å². The fourth-order valence-corrected chi connectivity index (χ4v) is 0.947. The Balaban J connectivity index is -0.000000169. The number of aliphatic carboxylic acids is 4. The van der Waals surface area contributed by atoms with Crippen molar-refractivity contribution in [3.05, 3.63) is 0 Å². The van der Waals surface area contributed by atoms with E-state index >= 15 is 0 Å². The molecule has 0 spiro atoms. The Morgan fingerprint density at radius 3 is 1.29 bits per heavy atom. The fourth-order valence-electron chi connectivity index (χ4n) is 0.947. The molecule has 0 aromatic heterocycles. The highest BCUT2D eigenvalue weighted by molar-refractivity contribution is 5.83. The minimum atomic E-state index is -1.21. The molecular weight excluding hydrogens is 424 g/mol. The van der Waals surface area contributed by atoms with Crippen LogP contribution in [0.15, 0.2) is 4.99 Å². The Bertz CT molecular complexity index is 568. The zero-order chi connectivity index (χ0) is 25.6. The molecule has 0 aliphatic heterocycles. The maximum absolute atomic E-state index is 10.2. The van der Waals surface area contributed by atoms with Gasteiger partial charge in [-0.25, -0.2) is 0 Å². The first-order valence-electron chi connectivity index (χ1n) is 8.26. The number of nitrogens with zero attached hydrogens (tertiary/aromatic N) is 1. The predicted octanol–water partition coefficient (Wildman–Crippen LogP) is -5.22. The van der Waals surface area contributed by atoms with Gasteiger partial charge in [0.15, 0.2) is 5.96 Å². The van der Waals surface area contributed by atoms with Crippen molar-refractivity contribution in [2.75, 3.05) is 19.6 Å². The second-order valence-electron chi connectivity index (χ2n) is 5.20. The van der Waals surface area contributed by atoms with Crippen molar-refractivity contribution >= 4 is 35.7 Å². The fraction of sp³-hybridized carbons (Fsp3) is 0.571. The van der Waals surface area contributed by atoms with Gasteiger partial charge in [-0.3, -0.25) is 29.0 Å². The summed E-state index contributed by atoms with van der Waals surface area (Å²) in [7, 11) is 0. The molecule has 182 valence electrons. The van der Waals surface area contributed by atoms with Crippen LogP contribution in [0.5, 0.6) is 0 Å². The van der Waals surface area contributed by atoms with Crippen LogP contribution in [0.2, 0.25) is 0 Å². The maximum Gasteiger partial charge on any atom is 0.321 e. The molecule has 0 unspecified atom stereocenters. The van der Waals surface area contributed by atoms with E-state index in [0.29, 0.717) is 19.4 Å². The highest BCUT2D eigenvalue weighted by Crippen LogP contribution is 1.94. The Kier molecular flexibility index (Phi) is 25.6. The number of guanidine groups is 1. The predicted molar refractivity (Wildman–Crippen MR) is 108 cm³/mol. The van der Waals surface area contributed by atoms with Crippen molar-refractivity contribution < 1.29 is 44.4 Å². The summed E-state index contributed by atoms with van der Waals surface area (Å²) in [6.45, 7) is -0.136. The molecule has 0 rings (SSSR count).